The van der Waals surface area contributed by atoms with Gasteiger partial charge in [0, 0.05) is 49.6 Å². The van der Waals surface area contributed by atoms with Crippen LogP contribution in [0.15, 0.2) is 194 Å². The van der Waals surface area contributed by atoms with Crippen LogP contribution >= 0.6 is 0 Å². The van der Waals surface area contributed by atoms with Crippen LogP contribution in [0.3, 0.4) is 0 Å². The van der Waals surface area contributed by atoms with Crippen LogP contribution in [-0.2, 0) is 0 Å². The average Bonchev–Trinajstić information content (AvgIpc) is 3.83. The third-order valence-electron chi connectivity index (χ3n) is 11.4. The maximum Gasteiger partial charge on any atom is 0.160 e. The number of aromatic nitrogens is 4. The summed E-state index contributed by atoms with van der Waals surface area (Å²) in [5.41, 5.74) is 14.5. The topological polar surface area (TPSA) is 83.2 Å². The van der Waals surface area contributed by atoms with E-state index in [0.717, 1.165) is 94.2 Å². The fourth-order valence-corrected chi connectivity index (χ4v) is 8.52. The molecule has 0 aliphatic rings. The van der Waals surface area contributed by atoms with Crippen LogP contribution in [0, 0.1) is 22.7 Å². The molecule has 8 aromatic carbocycles. The molecule has 0 bridgehead atoms. The van der Waals surface area contributed by atoms with Crippen LogP contribution in [0.25, 0.3) is 100 Å². The lowest BCUT2D eigenvalue weighted by Crippen LogP contribution is -1.96. The van der Waals surface area contributed by atoms with Crippen molar-refractivity contribution in [2.45, 2.75) is 0 Å². The maximum atomic E-state index is 9.69. The van der Waals surface area contributed by atoms with Crippen LogP contribution in [-0.4, -0.2) is 19.1 Å². The Labute approximate surface area is 345 Å². The fourth-order valence-electron chi connectivity index (χ4n) is 8.52. The minimum atomic E-state index is 0.586. The van der Waals surface area contributed by atoms with E-state index in [-0.39, 0.29) is 0 Å². The Kier molecular flexibility index (Phi) is 8.15. The normalized spacial score (nSPS) is 11.3. The van der Waals surface area contributed by atoms with Gasteiger partial charge in [0.2, 0.25) is 0 Å². The van der Waals surface area contributed by atoms with Gasteiger partial charge in [-0.3, -0.25) is 0 Å². The molecule has 0 unspecified atom stereocenters. The van der Waals surface area contributed by atoms with Gasteiger partial charge in [-0.15, -0.1) is 0 Å². The highest BCUT2D eigenvalue weighted by atomic mass is 15.0. The van der Waals surface area contributed by atoms with E-state index in [4.69, 9.17) is 9.97 Å². The molecule has 3 aromatic heterocycles. The number of fused-ring (bicyclic) bond motifs is 6. The number of hydrogen-bond acceptors (Lipinski definition) is 4. The van der Waals surface area contributed by atoms with Crippen molar-refractivity contribution in [3.63, 3.8) is 0 Å². The molecular formula is C54H32N6. The molecule has 6 nitrogen and oxygen atoms in total. The minimum absolute atomic E-state index is 0.586. The van der Waals surface area contributed by atoms with Crippen LogP contribution in [0.4, 0.5) is 0 Å². The standard InChI is InChI=1S/C54H32N6/c55-33-35-15-26-51-45(29-35)46-30-36(34-56)16-27-52(46)60(51)43-25-28-53-47(31-43)44-13-7-8-14-50(44)59(53)42-23-21-38(22-24-42)37-17-19-40(20-18-37)49-32-48(39-9-3-1-4-10-39)57-54(58-49)41-11-5-2-6-12-41/h1-32H. The van der Waals surface area contributed by atoms with Crippen LogP contribution in [0.5, 0.6) is 0 Å². The SMILES string of the molecule is N#Cc1ccc2c(c1)c1cc(C#N)ccc1n2-c1ccc2c(c1)c1ccccc1n2-c1ccc(-c2ccc(-c3cc(-c4ccccc4)nc(-c4ccccc4)n3)cc2)cc1. The third-order valence-corrected chi connectivity index (χ3v) is 11.4. The summed E-state index contributed by atoms with van der Waals surface area (Å²) < 4.78 is 4.56. The van der Waals surface area contributed by atoms with Crippen molar-refractivity contribution in [1.82, 2.24) is 19.1 Å². The Morgan fingerprint density at radius 1 is 0.333 bits per heavy atom. The van der Waals surface area contributed by atoms with Gasteiger partial charge in [0.15, 0.2) is 5.82 Å². The van der Waals surface area contributed by atoms with E-state index in [1.165, 1.54) is 0 Å². The molecule has 3 heterocycles. The lowest BCUT2D eigenvalue weighted by atomic mass is 10.0. The summed E-state index contributed by atoms with van der Waals surface area (Å²) in [6.45, 7) is 0. The van der Waals surface area contributed by atoms with Gasteiger partial charge in [0.1, 0.15) is 0 Å². The van der Waals surface area contributed by atoms with Crippen molar-refractivity contribution in [1.29, 1.82) is 10.5 Å². The van der Waals surface area contributed by atoms with Crippen molar-refractivity contribution in [2.75, 3.05) is 0 Å². The Bertz CT molecular complexity index is 3400. The number of hydrogen-bond donors (Lipinski definition) is 0. The Hall–Kier alpha value is -8.58. The Morgan fingerprint density at radius 3 is 1.37 bits per heavy atom. The zero-order valence-corrected chi connectivity index (χ0v) is 32.2. The van der Waals surface area contributed by atoms with Gasteiger partial charge in [0.25, 0.3) is 0 Å². The van der Waals surface area contributed by atoms with Crippen molar-refractivity contribution in [3.8, 4) is 68.5 Å². The lowest BCUT2D eigenvalue weighted by Gasteiger charge is -2.12. The average molecular weight is 765 g/mol. The van der Waals surface area contributed by atoms with E-state index < -0.39 is 0 Å². The zero-order valence-electron chi connectivity index (χ0n) is 32.2. The van der Waals surface area contributed by atoms with Crippen molar-refractivity contribution < 1.29 is 0 Å². The summed E-state index contributed by atoms with van der Waals surface area (Å²) in [4.78, 5) is 9.96. The first-order valence-corrected chi connectivity index (χ1v) is 19.8. The summed E-state index contributed by atoms with van der Waals surface area (Å²) >= 11 is 0. The van der Waals surface area contributed by atoms with Crippen LogP contribution in [0.2, 0.25) is 0 Å². The molecule has 6 heteroatoms. The molecule has 60 heavy (non-hydrogen) atoms. The summed E-state index contributed by atoms with van der Waals surface area (Å²) in [6.07, 6.45) is 0. The molecule has 0 atom stereocenters. The molecule has 11 rings (SSSR count). The van der Waals surface area contributed by atoms with E-state index in [0.29, 0.717) is 17.0 Å². The maximum absolute atomic E-state index is 9.69. The van der Waals surface area contributed by atoms with E-state index in [1.807, 2.05) is 84.9 Å². The second kappa shape index (κ2) is 14.1. The highest BCUT2D eigenvalue weighted by molar-refractivity contribution is 6.12. The molecule has 0 spiro atoms. The number of nitrogens with zero attached hydrogens (tertiary/aromatic N) is 6. The van der Waals surface area contributed by atoms with Gasteiger partial charge in [-0.05, 0) is 90.0 Å². The van der Waals surface area contributed by atoms with E-state index >= 15 is 0 Å². The molecule has 0 fully saturated rings. The monoisotopic (exact) mass is 764 g/mol. The molecule has 0 radical (unpaired) electrons. The highest BCUT2D eigenvalue weighted by Crippen LogP contribution is 2.38. The van der Waals surface area contributed by atoms with Crippen LogP contribution in [0.1, 0.15) is 11.1 Å². The zero-order chi connectivity index (χ0) is 40.2. The smallest absolute Gasteiger partial charge is 0.160 e. The van der Waals surface area contributed by atoms with Crippen molar-refractivity contribution in [3.05, 3.63) is 205 Å². The predicted octanol–water partition coefficient (Wildman–Crippen LogP) is 13.1. The molecule has 0 saturated carbocycles. The van der Waals surface area contributed by atoms with Gasteiger partial charge in [-0.25, -0.2) is 9.97 Å². The third kappa shape index (κ3) is 5.79. The number of benzene rings is 8. The van der Waals surface area contributed by atoms with Crippen molar-refractivity contribution in [2.24, 2.45) is 0 Å². The number of rotatable bonds is 6. The molecular weight excluding hydrogens is 733 g/mol. The van der Waals surface area contributed by atoms with Crippen LogP contribution < -0.4 is 0 Å². The molecule has 0 N–H and O–H groups in total. The van der Waals surface area contributed by atoms with Gasteiger partial charge in [-0.2, -0.15) is 10.5 Å². The van der Waals surface area contributed by atoms with E-state index in [1.54, 1.807) is 0 Å². The van der Waals surface area contributed by atoms with Crippen molar-refractivity contribution >= 4 is 43.6 Å². The van der Waals surface area contributed by atoms with Gasteiger partial charge >= 0.3 is 0 Å². The summed E-state index contributed by atoms with van der Waals surface area (Å²) in [7, 11) is 0. The van der Waals surface area contributed by atoms with E-state index in [2.05, 4.69) is 130 Å². The summed E-state index contributed by atoms with van der Waals surface area (Å²) in [6, 6.07) is 71.1. The molecule has 0 aliphatic carbocycles. The predicted molar refractivity (Wildman–Crippen MR) is 242 cm³/mol. The quantitative estimate of drug-likeness (QED) is 0.169. The minimum Gasteiger partial charge on any atom is -0.309 e. The second-order valence-corrected chi connectivity index (χ2v) is 14.9. The molecule has 0 aliphatic heterocycles. The Morgan fingerprint density at radius 2 is 0.767 bits per heavy atom. The van der Waals surface area contributed by atoms with Gasteiger partial charge in [-0.1, -0.05) is 115 Å². The van der Waals surface area contributed by atoms with Gasteiger partial charge < -0.3 is 9.13 Å². The fraction of sp³-hybridized carbons (Fsp3) is 0. The van der Waals surface area contributed by atoms with E-state index in [9.17, 15) is 10.5 Å². The molecule has 0 saturated heterocycles. The Balaban J connectivity index is 0.958. The first kappa shape index (κ1) is 34.7. The lowest BCUT2D eigenvalue weighted by molar-refractivity contribution is 1.16. The number of nitriles is 2. The summed E-state index contributed by atoms with van der Waals surface area (Å²) in [5, 5.41) is 23.6. The van der Waals surface area contributed by atoms with Gasteiger partial charge in [0.05, 0.1) is 56.7 Å². The highest BCUT2D eigenvalue weighted by Gasteiger charge is 2.18. The molecule has 11 aromatic rings. The summed E-state index contributed by atoms with van der Waals surface area (Å²) in [5.74, 6) is 0.699. The largest absolute Gasteiger partial charge is 0.309 e. The molecule has 0 amide bonds. The first-order chi connectivity index (χ1) is 29.6. The second-order valence-electron chi connectivity index (χ2n) is 14.9. The first-order valence-electron chi connectivity index (χ1n) is 19.8. The molecule has 278 valence electrons. The number of para-hydroxylation sites is 1.